The van der Waals surface area contributed by atoms with Gasteiger partial charge in [-0.25, -0.2) is 0 Å². The van der Waals surface area contributed by atoms with E-state index in [4.69, 9.17) is 0 Å². The Labute approximate surface area is 120 Å². The fraction of sp³-hybridized carbons (Fsp3) is 0.562. The third kappa shape index (κ3) is 3.73. The van der Waals surface area contributed by atoms with E-state index in [1.807, 2.05) is 25.1 Å². The summed E-state index contributed by atoms with van der Waals surface area (Å²) in [5.41, 5.74) is 2.13. The van der Waals surface area contributed by atoms with E-state index in [-0.39, 0.29) is 5.91 Å². The molecule has 0 spiro atoms. The summed E-state index contributed by atoms with van der Waals surface area (Å²) in [5, 5.41) is 12.8. The molecule has 0 bridgehead atoms. The average molecular weight is 276 g/mol. The molecule has 1 aromatic rings. The molecule has 1 aliphatic rings. The second-order valence-electron chi connectivity index (χ2n) is 5.60. The summed E-state index contributed by atoms with van der Waals surface area (Å²) in [4.78, 5) is 13.3. The molecule has 0 saturated carbocycles. The van der Waals surface area contributed by atoms with E-state index in [0.717, 1.165) is 43.7 Å². The zero-order valence-electron chi connectivity index (χ0n) is 12.3. The lowest BCUT2D eigenvalue weighted by atomic mass is 9.95. The topological polar surface area (TPSA) is 52.6 Å². The Hall–Kier alpha value is -1.55. The maximum Gasteiger partial charge on any atom is 0.216 e. The van der Waals surface area contributed by atoms with E-state index in [0.29, 0.717) is 5.92 Å². The van der Waals surface area contributed by atoms with Gasteiger partial charge < -0.3 is 15.3 Å². The van der Waals surface area contributed by atoms with Crippen LogP contribution in [0.4, 0.5) is 5.69 Å². The van der Waals surface area contributed by atoms with Gasteiger partial charge in [0.1, 0.15) is 0 Å². The Bertz CT molecular complexity index is 452. The molecule has 110 valence electrons. The standard InChI is InChI=1S/C16H24N2O2/c1-12(19)15-5-3-4-6-16(15)18-9-7-14(8-10-18)11-17-13(2)20/h3-6,12,14,19H,7-11H2,1-2H3,(H,17,20). The van der Waals surface area contributed by atoms with Gasteiger partial charge in [-0.3, -0.25) is 4.79 Å². The number of hydrogen-bond donors (Lipinski definition) is 2. The van der Waals surface area contributed by atoms with Crippen LogP contribution in [0.2, 0.25) is 0 Å². The maximum atomic E-state index is 10.9. The first-order valence-corrected chi connectivity index (χ1v) is 7.34. The van der Waals surface area contributed by atoms with Crippen LogP contribution in [0, 0.1) is 5.92 Å². The van der Waals surface area contributed by atoms with E-state index in [1.165, 1.54) is 0 Å². The van der Waals surface area contributed by atoms with Gasteiger partial charge in [0.25, 0.3) is 0 Å². The lowest BCUT2D eigenvalue weighted by Crippen LogP contribution is -2.38. The zero-order chi connectivity index (χ0) is 14.5. The van der Waals surface area contributed by atoms with E-state index in [9.17, 15) is 9.90 Å². The summed E-state index contributed by atoms with van der Waals surface area (Å²) in [6.45, 7) is 6.11. The van der Waals surface area contributed by atoms with Gasteiger partial charge in [0, 0.05) is 37.8 Å². The first-order valence-electron chi connectivity index (χ1n) is 7.34. The number of para-hydroxylation sites is 1. The molecule has 1 fully saturated rings. The SMILES string of the molecule is CC(=O)NCC1CCN(c2ccccc2C(C)O)CC1. The molecule has 2 rings (SSSR count). The van der Waals surface area contributed by atoms with Crippen LogP contribution in [-0.2, 0) is 4.79 Å². The second kappa shape index (κ2) is 6.75. The Kier molecular flexibility index (Phi) is 5.01. The minimum atomic E-state index is -0.441. The maximum absolute atomic E-state index is 10.9. The van der Waals surface area contributed by atoms with Crippen LogP contribution >= 0.6 is 0 Å². The van der Waals surface area contributed by atoms with Crippen molar-refractivity contribution in [3.05, 3.63) is 29.8 Å². The van der Waals surface area contributed by atoms with Crippen molar-refractivity contribution in [3.8, 4) is 0 Å². The van der Waals surface area contributed by atoms with Crippen LogP contribution in [0.15, 0.2) is 24.3 Å². The molecule has 1 heterocycles. The number of aliphatic hydroxyl groups is 1. The summed E-state index contributed by atoms with van der Waals surface area (Å²) < 4.78 is 0. The van der Waals surface area contributed by atoms with Gasteiger partial charge in [0.05, 0.1) is 6.10 Å². The molecule has 2 N–H and O–H groups in total. The first kappa shape index (κ1) is 14.9. The van der Waals surface area contributed by atoms with Gasteiger partial charge in [-0.15, -0.1) is 0 Å². The third-order valence-electron chi connectivity index (χ3n) is 3.98. The van der Waals surface area contributed by atoms with Crippen molar-refractivity contribution in [2.45, 2.75) is 32.8 Å². The number of piperidine rings is 1. The number of aliphatic hydroxyl groups excluding tert-OH is 1. The molecular weight excluding hydrogens is 252 g/mol. The summed E-state index contributed by atoms with van der Waals surface area (Å²) in [5.74, 6) is 0.612. The molecule has 1 atom stereocenters. The fourth-order valence-corrected chi connectivity index (χ4v) is 2.79. The summed E-state index contributed by atoms with van der Waals surface area (Å²) in [6, 6.07) is 8.05. The Morgan fingerprint density at radius 2 is 2.05 bits per heavy atom. The Morgan fingerprint density at radius 1 is 1.40 bits per heavy atom. The van der Waals surface area contributed by atoms with Gasteiger partial charge in [-0.1, -0.05) is 18.2 Å². The first-order chi connectivity index (χ1) is 9.58. The number of carbonyl (C=O) groups excluding carboxylic acids is 1. The largest absolute Gasteiger partial charge is 0.389 e. The normalized spacial score (nSPS) is 17.9. The molecule has 1 unspecified atom stereocenters. The minimum Gasteiger partial charge on any atom is -0.389 e. The molecule has 0 radical (unpaired) electrons. The number of anilines is 1. The number of benzene rings is 1. The van der Waals surface area contributed by atoms with Crippen LogP contribution in [-0.4, -0.2) is 30.6 Å². The van der Waals surface area contributed by atoms with Crippen LogP contribution in [0.3, 0.4) is 0 Å². The molecule has 0 aromatic heterocycles. The fourth-order valence-electron chi connectivity index (χ4n) is 2.79. The lowest BCUT2D eigenvalue weighted by molar-refractivity contribution is -0.119. The van der Waals surface area contributed by atoms with E-state index >= 15 is 0 Å². The van der Waals surface area contributed by atoms with Crippen LogP contribution < -0.4 is 10.2 Å². The highest BCUT2D eigenvalue weighted by molar-refractivity contribution is 5.72. The molecule has 1 amide bonds. The van der Waals surface area contributed by atoms with Gasteiger partial charge in [-0.2, -0.15) is 0 Å². The van der Waals surface area contributed by atoms with Crippen LogP contribution in [0.5, 0.6) is 0 Å². The van der Waals surface area contributed by atoms with Crippen molar-refractivity contribution in [2.24, 2.45) is 5.92 Å². The molecule has 4 heteroatoms. The van der Waals surface area contributed by atoms with Gasteiger partial charge >= 0.3 is 0 Å². The van der Waals surface area contributed by atoms with Crippen molar-refractivity contribution < 1.29 is 9.90 Å². The highest BCUT2D eigenvalue weighted by atomic mass is 16.3. The minimum absolute atomic E-state index is 0.0480. The number of nitrogens with one attached hydrogen (secondary N) is 1. The monoisotopic (exact) mass is 276 g/mol. The lowest BCUT2D eigenvalue weighted by Gasteiger charge is -2.35. The molecule has 0 aliphatic carbocycles. The number of rotatable bonds is 4. The van der Waals surface area contributed by atoms with Gasteiger partial charge in [0.15, 0.2) is 0 Å². The van der Waals surface area contributed by atoms with Gasteiger partial charge in [0.2, 0.25) is 5.91 Å². The molecule has 20 heavy (non-hydrogen) atoms. The number of carbonyl (C=O) groups is 1. The van der Waals surface area contributed by atoms with E-state index in [1.54, 1.807) is 6.92 Å². The molecule has 1 aromatic carbocycles. The van der Waals surface area contributed by atoms with Crippen molar-refractivity contribution in [1.29, 1.82) is 0 Å². The predicted molar refractivity (Wildman–Crippen MR) is 80.7 cm³/mol. The van der Waals surface area contributed by atoms with Crippen molar-refractivity contribution in [1.82, 2.24) is 5.32 Å². The molecular formula is C16H24N2O2. The Morgan fingerprint density at radius 3 is 2.65 bits per heavy atom. The predicted octanol–water partition coefficient (Wildman–Crippen LogP) is 2.09. The van der Waals surface area contributed by atoms with Crippen LogP contribution in [0.1, 0.15) is 38.4 Å². The third-order valence-corrected chi connectivity index (χ3v) is 3.98. The highest BCUT2D eigenvalue weighted by Crippen LogP contribution is 2.29. The molecule has 1 aliphatic heterocycles. The highest BCUT2D eigenvalue weighted by Gasteiger charge is 2.21. The number of hydrogen-bond acceptors (Lipinski definition) is 3. The Balaban J connectivity index is 1.95. The molecule has 1 saturated heterocycles. The number of nitrogens with zero attached hydrogens (tertiary/aromatic N) is 1. The number of amides is 1. The molecule has 4 nitrogen and oxygen atoms in total. The van der Waals surface area contributed by atoms with Gasteiger partial charge in [-0.05, 0) is 31.7 Å². The second-order valence-corrected chi connectivity index (χ2v) is 5.60. The summed E-state index contributed by atoms with van der Waals surface area (Å²) >= 11 is 0. The van der Waals surface area contributed by atoms with Crippen LogP contribution in [0.25, 0.3) is 0 Å². The summed E-state index contributed by atoms with van der Waals surface area (Å²) in [6.07, 6.45) is 1.71. The summed E-state index contributed by atoms with van der Waals surface area (Å²) in [7, 11) is 0. The smallest absolute Gasteiger partial charge is 0.216 e. The van der Waals surface area contributed by atoms with Crippen molar-refractivity contribution >= 4 is 11.6 Å². The zero-order valence-corrected chi connectivity index (χ0v) is 12.3. The van der Waals surface area contributed by atoms with E-state index in [2.05, 4.69) is 16.3 Å². The average Bonchev–Trinajstić information content (AvgIpc) is 2.45. The van der Waals surface area contributed by atoms with Crippen molar-refractivity contribution in [2.75, 3.05) is 24.5 Å². The van der Waals surface area contributed by atoms with Crippen molar-refractivity contribution in [3.63, 3.8) is 0 Å². The quantitative estimate of drug-likeness (QED) is 0.885. The van der Waals surface area contributed by atoms with E-state index < -0.39 is 6.10 Å².